The summed E-state index contributed by atoms with van der Waals surface area (Å²) in [6, 6.07) is 11.7. The van der Waals surface area contributed by atoms with Crippen molar-refractivity contribution in [2.45, 2.75) is 0 Å². The second-order valence-corrected chi connectivity index (χ2v) is 5.24. The Morgan fingerprint density at radius 1 is 0.500 bits per heavy atom. The molecule has 104 valence electrons. The molecule has 0 aliphatic heterocycles. The molecular weight excluding hydrogens is 280 g/mol. The Morgan fingerprint density at radius 3 is 1.95 bits per heavy atom. The molecule has 0 unspecified atom stereocenters. The van der Waals surface area contributed by atoms with E-state index in [-0.39, 0.29) is 21.3 Å². The highest BCUT2D eigenvalue weighted by Gasteiger charge is 2.09. The molecule has 0 fully saturated rings. The zero-order valence-corrected chi connectivity index (χ0v) is 11.3. The van der Waals surface area contributed by atoms with Gasteiger partial charge in [0.15, 0.2) is 21.7 Å². The van der Waals surface area contributed by atoms with Crippen LogP contribution in [-0.4, -0.2) is 0 Å². The minimum Gasteiger partial charge on any atom is -0.289 e. The van der Waals surface area contributed by atoms with E-state index in [1.165, 1.54) is 18.2 Å². The van der Waals surface area contributed by atoms with Gasteiger partial charge in [0, 0.05) is 10.6 Å². The van der Waals surface area contributed by atoms with E-state index < -0.39 is 10.9 Å². The van der Waals surface area contributed by atoms with Gasteiger partial charge in [0.1, 0.15) is 0 Å². The molecule has 0 saturated heterocycles. The van der Waals surface area contributed by atoms with Gasteiger partial charge in [-0.15, -0.1) is 0 Å². The SMILES string of the molecule is O=c1ccc(=O)c2c3cc4cccc(=O)c4cc3cc(=O)c1=2. The maximum absolute atomic E-state index is 12.2. The van der Waals surface area contributed by atoms with Crippen LogP contribution in [-0.2, 0) is 0 Å². The molecule has 2 aliphatic carbocycles. The van der Waals surface area contributed by atoms with Crippen LogP contribution in [0.15, 0.2) is 67.7 Å². The average Bonchev–Trinajstić information content (AvgIpc) is 2.49. The number of hydrogen-bond donors (Lipinski definition) is 0. The van der Waals surface area contributed by atoms with Crippen molar-refractivity contribution in [2.24, 2.45) is 0 Å². The van der Waals surface area contributed by atoms with Crippen molar-refractivity contribution in [3.8, 4) is 0 Å². The predicted molar refractivity (Wildman–Crippen MR) is 84.2 cm³/mol. The van der Waals surface area contributed by atoms with Gasteiger partial charge >= 0.3 is 0 Å². The summed E-state index contributed by atoms with van der Waals surface area (Å²) in [5, 5.41) is 2.23. The van der Waals surface area contributed by atoms with Crippen molar-refractivity contribution in [3.05, 3.63) is 99.9 Å². The van der Waals surface area contributed by atoms with Gasteiger partial charge in [-0.3, -0.25) is 19.2 Å². The lowest BCUT2D eigenvalue weighted by atomic mass is 9.99. The molecule has 0 atom stereocenters. The Hall–Kier alpha value is -3.14. The van der Waals surface area contributed by atoms with E-state index in [1.54, 1.807) is 24.3 Å². The van der Waals surface area contributed by atoms with E-state index in [0.29, 0.717) is 21.5 Å². The molecule has 0 saturated carbocycles. The average molecular weight is 288 g/mol. The van der Waals surface area contributed by atoms with E-state index in [2.05, 4.69) is 0 Å². The Kier molecular flexibility index (Phi) is 2.39. The molecule has 4 heteroatoms. The van der Waals surface area contributed by atoms with E-state index in [9.17, 15) is 19.2 Å². The van der Waals surface area contributed by atoms with E-state index in [0.717, 1.165) is 6.07 Å². The summed E-state index contributed by atoms with van der Waals surface area (Å²) in [4.78, 5) is 48.2. The number of benzene rings is 2. The number of hydrogen-bond acceptors (Lipinski definition) is 4. The van der Waals surface area contributed by atoms with Crippen LogP contribution in [0, 0.1) is 10.4 Å². The first-order valence-electron chi connectivity index (χ1n) is 6.70. The van der Waals surface area contributed by atoms with Crippen molar-refractivity contribution in [2.75, 3.05) is 0 Å². The van der Waals surface area contributed by atoms with Gasteiger partial charge in [-0.05, 0) is 52.6 Å². The molecule has 2 aromatic carbocycles. The predicted octanol–water partition coefficient (Wildman–Crippen LogP) is 1.03. The lowest BCUT2D eigenvalue weighted by Crippen LogP contribution is -2.20. The summed E-state index contributed by atoms with van der Waals surface area (Å²) < 4.78 is 0. The summed E-state index contributed by atoms with van der Waals surface area (Å²) >= 11 is 0. The maximum Gasteiger partial charge on any atom is 0.191 e. The second-order valence-electron chi connectivity index (χ2n) is 5.24. The van der Waals surface area contributed by atoms with Crippen LogP contribution in [0.25, 0.3) is 21.5 Å². The summed E-state index contributed by atoms with van der Waals surface area (Å²) in [5.74, 6) is 0. The summed E-state index contributed by atoms with van der Waals surface area (Å²) in [7, 11) is 0. The van der Waals surface area contributed by atoms with Crippen molar-refractivity contribution in [1.82, 2.24) is 0 Å². The highest BCUT2D eigenvalue weighted by molar-refractivity contribution is 5.98. The van der Waals surface area contributed by atoms with E-state index in [4.69, 9.17) is 0 Å². The first-order valence-corrected chi connectivity index (χ1v) is 6.70. The fourth-order valence-electron chi connectivity index (χ4n) is 2.94. The topological polar surface area (TPSA) is 68.3 Å². The lowest BCUT2D eigenvalue weighted by molar-refractivity contribution is 1.35. The minimum atomic E-state index is -0.493. The molecule has 2 aromatic rings. The lowest BCUT2D eigenvalue weighted by Gasteiger charge is -2.02. The molecule has 0 radical (unpaired) electrons. The van der Waals surface area contributed by atoms with Gasteiger partial charge in [0.25, 0.3) is 0 Å². The minimum absolute atomic E-state index is 0.0855. The van der Waals surface area contributed by atoms with Gasteiger partial charge in [-0.25, -0.2) is 0 Å². The monoisotopic (exact) mass is 288 g/mol. The third kappa shape index (κ3) is 1.58. The van der Waals surface area contributed by atoms with E-state index in [1.807, 2.05) is 0 Å². The van der Waals surface area contributed by atoms with Crippen molar-refractivity contribution in [3.63, 3.8) is 0 Å². The van der Waals surface area contributed by atoms with Crippen molar-refractivity contribution < 1.29 is 0 Å². The van der Waals surface area contributed by atoms with Crippen LogP contribution < -0.4 is 21.7 Å². The molecule has 0 heterocycles. The quantitative estimate of drug-likeness (QED) is 0.485. The number of fused-ring (bicyclic) bond motifs is 3. The van der Waals surface area contributed by atoms with Gasteiger partial charge in [0.05, 0.1) is 5.22 Å². The van der Waals surface area contributed by atoms with Crippen LogP contribution >= 0.6 is 0 Å². The van der Waals surface area contributed by atoms with Crippen molar-refractivity contribution in [1.29, 1.82) is 0 Å². The first kappa shape index (κ1) is 12.6. The summed E-state index contributed by atoms with van der Waals surface area (Å²) in [5.41, 5.74) is -1.46. The van der Waals surface area contributed by atoms with E-state index >= 15 is 0 Å². The van der Waals surface area contributed by atoms with Crippen molar-refractivity contribution >= 4 is 21.5 Å². The first-order chi connectivity index (χ1) is 10.6. The van der Waals surface area contributed by atoms with Crippen LogP contribution in [0.5, 0.6) is 0 Å². The molecule has 0 amide bonds. The van der Waals surface area contributed by atoms with Gasteiger partial charge in [-0.1, -0.05) is 12.1 Å². The molecule has 4 nitrogen and oxygen atoms in total. The Bertz CT molecular complexity index is 1340. The largest absolute Gasteiger partial charge is 0.289 e. The Balaban J connectivity index is 2.49. The summed E-state index contributed by atoms with van der Waals surface area (Å²) in [6.07, 6.45) is 0. The zero-order valence-electron chi connectivity index (χ0n) is 11.3. The third-order valence-corrected chi connectivity index (χ3v) is 3.94. The van der Waals surface area contributed by atoms with Gasteiger partial charge in [0.2, 0.25) is 0 Å². The maximum atomic E-state index is 12.2. The van der Waals surface area contributed by atoms with Gasteiger partial charge in [-0.2, -0.15) is 0 Å². The third-order valence-electron chi connectivity index (χ3n) is 3.94. The highest BCUT2D eigenvalue weighted by atomic mass is 16.1. The zero-order chi connectivity index (χ0) is 15.4. The van der Waals surface area contributed by atoms with Gasteiger partial charge < -0.3 is 0 Å². The van der Waals surface area contributed by atoms with Crippen LogP contribution in [0.4, 0.5) is 0 Å². The molecule has 0 spiro atoms. The highest BCUT2D eigenvalue weighted by Crippen LogP contribution is 2.19. The smallest absolute Gasteiger partial charge is 0.191 e. The van der Waals surface area contributed by atoms with Crippen LogP contribution in [0.3, 0.4) is 0 Å². The molecule has 22 heavy (non-hydrogen) atoms. The van der Waals surface area contributed by atoms with Crippen LogP contribution in [0.2, 0.25) is 0 Å². The molecular formula is C18H8O4. The summed E-state index contributed by atoms with van der Waals surface area (Å²) in [6.45, 7) is 0. The molecule has 4 rings (SSSR count). The molecule has 2 aliphatic rings. The van der Waals surface area contributed by atoms with Crippen LogP contribution in [0.1, 0.15) is 0 Å². The fraction of sp³-hybridized carbons (Fsp3) is 0. The fourth-order valence-corrected chi connectivity index (χ4v) is 2.94. The standard InChI is InChI=1S/C18H8O4/c19-13-3-1-2-9-6-12-10(7-11(9)13)8-16(22)18-15(21)5-4-14(20)17(12)18/h1-8H. The normalized spacial score (nSPS) is 11.5. The Morgan fingerprint density at radius 2 is 1.18 bits per heavy atom. The molecule has 0 N–H and O–H groups in total. The molecule has 0 bridgehead atoms. The number of rotatable bonds is 0. The second kappa shape index (κ2) is 4.18. The Labute approximate surface area is 122 Å². The molecule has 0 aromatic heterocycles.